The summed E-state index contributed by atoms with van der Waals surface area (Å²) in [7, 11) is 0. The van der Waals surface area contributed by atoms with Gasteiger partial charge in [0.2, 0.25) is 5.88 Å². The summed E-state index contributed by atoms with van der Waals surface area (Å²) < 4.78 is 5.59. The molecule has 0 amide bonds. The Morgan fingerprint density at radius 2 is 1.82 bits per heavy atom. The average Bonchev–Trinajstić information content (AvgIpc) is 2.33. The molecular weight excluding hydrogens is 236 g/mol. The van der Waals surface area contributed by atoms with Crippen LogP contribution in [0.4, 0.5) is 0 Å². The van der Waals surface area contributed by atoms with Crippen LogP contribution in [0.3, 0.4) is 0 Å². The standard InChI is InChI=1S/C13H21ClN2O/c1-3-4-5-6-7-8-9-17-13-11(2)12(14)15-10-16-13/h10H,3-9H2,1-2H3. The number of halogens is 1. The molecule has 1 rings (SSSR count). The van der Waals surface area contributed by atoms with Crippen molar-refractivity contribution < 1.29 is 4.74 Å². The van der Waals surface area contributed by atoms with Crippen molar-refractivity contribution in [1.29, 1.82) is 0 Å². The molecule has 0 unspecified atom stereocenters. The molecule has 1 aromatic rings. The number of hydrogen-bond donors (Lipinski definition) is 0. The Kier molecular flexibility index (Phi) is 6.94. The van der Waals surface area contributed by atoms with Crippen LogP contribution >= 0.6 is 11.6 Å². The fourth-order valence-electron chi connectivity index (χ4n) is 1.61. The Morgan fingerprint density at radius 3 is 2.59 bits per heavy atom. The van der Waals surface area contributed by atoms with E-state index in [1.54, 1.807) is 0 Å². The van der Waals surface area contributed by atoms with Gasteiger partial charge < -0.3 is 4.74 Å². The molecule has 1 heterocycles. The van der Waals surface area contributed by atoms with Gasteiger partial charge in [0.1, 0.15) is 11.5 Å². The summed E-state index contributed by atoms with van der Waals surface area (Å²) in [6, 6.07) is 0. The molecule has 0 bridgehead atoms. The molecule has 96 valence electrons. The maximum absolute atomic E-state index is 5.88. The van der Waals surface area contributed by atoms with E-state index in [1.165, 1.54) is 38.4 Å². The van der Waals surface area contributed by atoms with Gasteiger partial charge in [0.15, 0.2) is 0 Å². The molecule has 0 fully saturated rings. The van der Waals surface area contributed by atoms with Crippen molar-refractivity contribution in [3.8, 4) is 5.88 Å². The maximum atomic E-state index is 5.88. The first-order valence-corrected chi connectivity index (χ1v) is 6.73. The number of nitrogens with zero attached hydrogens (tertiary/aromatic N) is 2. The fourth-order valence-corrected chi connectivity index (χ4v) is 1.74. The average molecular weight is 257 g/mol. The van der Waals surface area contributed by atoms with E-state index >= 15 is 0 Å². The highest BCUT2D eigenvalue weighted by atomic mass is 35.5. The quantitative estimate of drug-likeness (QED) is 0.517. The molecule has 0 aliphatic carbocycles. The lowest BCUT2D eigenvalue weighted by atomic mass is 10.1. The van der Waals surface area contributed by atoms with Crippen LogP contribution in [0.5, 0.6) is 5.88 Å². The third kappa shape index (κ3) is 5.35. The highest BCUT2D eigenvalue weighted by Crippen LogP contribution is 2.20. The lowest BCUT2D eigenvalue weighted by Crippen LogP contribution is -2.01. The second-order valence-corrected chi connectivity index (χ2v) is 4.57. The molecule has 3 nitrogen and oxygen atoms in total. The molecular formula is C13H21ClN2O. The lowest BCUT2D eigenvalue weighted by molar-refractivity contribution is 0.290. The fraction of sp³-hybridized carbons (Fsp3) is 0.692. The van der Waals surface area contributed by atoms with Gasteiger partial charge in [-0.25, -0.2) is 9.97 Å². The van der Waals surface area contributed by atoms with Crippen LogP contribution in [0.1, 0.15) is 51.0 Å². The molecule has 0 spiro atoms. The van der Waals surface area contributed by atoms with Gasteiger partial charge >= 0.3 is 0 Å². The molecule has 0 saturated heterocycles. The van der Waals surface area contributed by atoms with Gasteiger partial charge in [-0.2, -0.15) is 0 Å². The van der Waals surface area contributed by atoms with Crippen molar-refractivity contribution in [1.82, 2.24) is 9.97 Å². The first-order chi connectivity index (χ1) is 8.25. The van der Waals surface area contributed by atoms with Crippen LogP contribution in [0.25, 0.3) is 0 Å². The topological polar surface area (TPSA) is 35.0 Å². The SMILES string of the molecule is CCCCCCCCOc1ncnc(Cl)c1C. The molecule has 0 radical (unpaired) electrons. The van der Waals surface area contributed by atoms with Gasteiger partial charge in [0, 0.05) is 5.56 Å². The van der Waals surface area contributed by atoms with E-state index in [1.807, 2.05) is 6.92 Å². The smallest absolute Gasteiger partial charge is 0.220 e. The van der Waals surface area contributed by atoms with Crippen molar-refractivity contribution in [3.05, 3.63) is 17.0 Å². The van der Waals surface area contributed by atoms with Crippen molar-refractivity contribution in [2.45, 2.75) is 52.4 Å². The van der Waals surface area contributed by atoms with E-state index in [4.69, 9.17) is 16.3 Å². The molecule has 4 heteroatoms. The largest absolute Gasteiger partial charge is 0.477 e. The summed E-state index contributed by atoms with van der Waals surface area (Å²) in [5, 5.41) is 0.470. The van der Waals surface area contributed by atoms with Gasteiger partial charge in [-0.15, -0.1) is 0 Å². The number of aromatic nitrogens is 2. The summed E-state index contributed by atoms with van der Waals surface area (Å²) >= 11 is 5.88. The van der Waals surface area contributed by atoms with Crippen LogP contribution < -0.4 is 4.74 Å². The summed E-state index contributed by atoms with van der Waals surface area (Å²) in [6.07, 6.45) is 8.97. The van der Waals surface area contributed by atoms with Gasteiger partial charge in [0.25, 0.3) is 0 Å². The van der Waals surface area contributed by atoms with Gasteiger partial charge in [-0.3, -0.25) is 0 Å². The minimum Gasteiger partial charge on any atom is -0.477 e. The van der Waals surface area contributed by atoms with Crippen molar-refractivity contribution >= 4 is 11.6 Å². The van der Waals surface area contributed by atoms with Crippen LogP contribution in [0, 0.1) is 6.92 Å². The number of ether oxygens (including phenoxy) is 1. The number of rotatable bonds is 8. The molecule has 0 atom stereocenters. The van der Waals surface area contributed by atoms with Crippen LogP contribution in [-0.2, 0) is 0 Å². The predicted molar refractivity (Wildman–Crippen MR) is 70.7 cm³/mol. The summed E-state index contributed by atoms with van der Waals surface area (Å²) in [5.41, 5.74) is 0.820. The summed E-state index contributed by atoms with van der Waals surface area (Å²) in [5.74, 6) is 0.610. The van der Waals surface area contributed by atoms with Crippen LogP contribution in [0.15, 0.2) is 6.33 Å². The molecule has 1 aromatic heterocycles. The minimum atomic E-state index is 0.470. The molecule has 0 aliphatic heterocycles. The van der Waals surface area contributed by atoms with E-state index in [0.29, 0.717) is 17.6 Å². The van der Waals surface area contributed by atoms with Crippen LogP contribution in [-0.4, -0.2) is 16.6 Å². The van der Waals surface area contributed by atoms with E-state index in [9.17, 15) is 0 Å². The highest BCUT2D eigenvalue weighted by molar-refractivity contribution is 6.30. The highest BCUT2D eigenvalue weighted by Gasteiger charge is 2.05. The Morgan fingerprint density at radius 1 is 1.12 bits per heavy atom. The zero-order chi connectivity index (χ0) is 12.5. The van der Waals surface area contributed by atoms with Crippen molar-refractivity contribution in [2.24, 2.45) is 0 Å². The molecule has 0 N–H and O–H groups in total. The first kappa shape index (κ1) is 14.2. The minimum absolute atomic E-state index is 0.470. The van der Waals surface area contributed by atoms with E-state index in [0.717, 1.165) is 12.0 Å². The zero-order valence-electron chi connectivity index (χ0n) is 10.7. The molecule has 0 aliphatic rings. The predicted octanol–water partition coefficient (Wildman–Crippen LogP) is 4.18. The maximum Gasteiger partial charge on any atom is 0.220 e. The third-order valence-corrected chi connectivity index (χ3v) is 3.09. The summed E-state index contributed by atoms with van der Waals surface area (Å²) in [6.45, 7) is 4.81. The second kappa shape index (κ2) is 8.29. The molecule has 0 aromatic carbocycles. The Hall–Kier alpha value is -0.830. The Bertz CT molecular complexity index is 331. The van der Waals surface area contributed by atoms with E-state index < -0.39 is 0 Å². The first-order valence-electron chi connectivity index (χ1n) is 6.35. The molecule has 0 saturated carbocycles. The Balaban J connectivity index is 2.16. The third-order valence-electron chi connectivity index (χ3n) is 2.71. The van der Waals surface area contributed by atoms with Gasteiger partial charge in [-0.1, -0.05) is 50.6 Å². The van der Waals surface area contributed by atoms with Crippen molar-refractivity contribution in [3.63, 3.8) is 0 Å². The van der Waals surface area contributed by atoms with Gasteiger partial charge in [0.05, 0.1) is 6.61 Å². The van der Waals surface area contributed by atoms with Crippen molar-refractivity contribution in [2.75, 3.05) is 6.61 Å². The zero-order valence-corrected chi connectivity index (χ0v) is 11.5. The summed E-state index contributed by atoms with van der Waals surface area (Å²) in [4.78, 5) is 7.96. The van der Waals surface area contributed by atoms with E-state index in [-0.39, 0.29) is 0 Å². The van der Waals surface area contributed by atoms with Gasteiger partial charge in [-0.05, 0) is 13.3 Å². The number of unbranched alkanes of at least 4 members (excludes halogenated alkanes) is 5. The Labute approximate surface area is 109 Å². The monoisotopic (exact) mass is 256 g/mol. The number of hydrogen-bond acceptors (Lipinski definition) is 3. The lowest BCUT2D eigenvalue weighted by Gasteiger charge is -2.07. The van der Waals surface area contributed by atoms with Crippen LogP contribution in [0.2, 0.25) is 5.15 Å². The second-order valence-electron chi connectivity index (χ2n) is 4.21. The normalized spacial score (nSPS) is 10.5. The molecule has 17 heavy (non-hydrogen) atoms. The van der Waals surface area contributed by atoms with E-state index in [2.05, 4.69) is 16.9 Å².